The van der Waals surface area contributed by atoms with Gasteiger partial charge in [-0.15, -0.1) is 0 Å². The van der Waals surface area contributed by atoms with Crippen LogP contribution in [0.2, 0.25) is 0 Å². The molecular formula is C17H12FN3O5. The average Bonchev–Trinajstić information content (AvgIpc) is 2.86. The first kappa shape index (κ1) is 17.1. The van der Waals surface area contributed by atoms with E-state index < -0.39 is 22.7 Å². The minimum Gasteiger partial charge on any atom is -0.507 e. The normalized spacial score (nSPS) is 15.4. The van der Waals surface area contributed by atoms with Crippen LogP contribution in [-0.4, -0.2) is 26.9 Å². The summed E-state index contributed by atoms with van der Waals surface area (Å²) in [6, 6.07) is 8.27. The van der Waals surface area contributed by atoms with E-state index in [0.29, 0.717) is 0 Å². The number of carbonyl (C=O) groups is 2. The monoisotopic (exact) mass is 357 g/mol. The number of nitrogens with zero attached hydrogens (tertiary/aromatic N) is 2. The van der Waals surface area contributed by atoms with Gasteiger partial charge in [-0.25, -0.2) is 9.18 Å². The zero-order valence-corrected chi connectivity index (χ0v) is 13.2. The molecule has 2 aromatic rings. The van der Waals surface area contributed by atoms with Crippen molar-refractivity contribution in [2.45, 2.75) is 6.54 Å². The van der Waals surface area contributed by atoms with E-state index in [0.717, 1.165) is 29.2 Å². The number of phenols is 1. The molecule has 1 fully saturated rings. The number of carbonyl (C=O) groups excluding carboxylic acids is 2. The number of rotatable bonds is 4. The van der Waals surface area contributed by atoms with Crippen molar-refractivity contribution in [1.82, 2.24) is 10.2 Å². The highest BCUT2D eigenvalue weighted by molar-refractivity contribution is 6.14. The topological polar surface area (TPSA) is 113 Å². The maximum Gasteiger partial charge on any atom is 0.329 e. The molecular weight excluding hydrogens is 345 g/mol. The van der Waals surface area contributed by atoms with Crippen molar-refractivity contribution in [2.24, 2.45) is 0 Å². The van der Waals surface area contributed by atoms with Gasteiger partial charge < -0.3 is 10.4 Å². The van der Waals surface area contributed by atoms with Crippen molar-refractivity contribution in [3.8, 4) is 5.75 Å². The molecule has 132 valence electrons. The van der Waals surface area contributed by atoms with Crippen molar-refractivity contribution in [3.63, 3.8) is 0 Å². The number of amides is 3. The lowest BCUT2D eigenvalue weighted by Crippen LogP contribution is -2.30. The molecule has 1 saturated heterocycles. The highest BCUT2D eigenvalue weighted by Crippen LogP contribution is 2.26. The van der Waals surface area contributed by atoms with E-state index in [1.165, 1.54) is 18.2 Å². The molecule has 1 heterocycles. The standard InChI is InChI=1S/C17H12FN3O5/c18-13-4-2-1-3-10(13)9-20-16(23)14(19-17(20)24)8-11-7-12(21(25)26)5-6-15(11)22/h1-8,22H,9H2,(H,19,24). The summed E-state index contributed by atoms with van der Waals surface area (Å²) in [5.41, 5.74) is -0.303. The Bertz CT molecular complexity index is 957. The number of non-ortho nitro benzene ring substituents is 1. The van der Waals surface area contributed by atoms with Crippen molar-refractivity contribution in [1.29, 1.82) is 0 Å². The lowest BCUT2D eigenvalue weighted by Gasteiger charge is -2.12. The summed E-state index contributed by atoms with van der Waals surface area (Å²) in [5, 5.41) is 23.0. The molecule has 1 aliphatic rings. The van der Waals surface area contributed by atoms with Gasteiger partial charge in [0.15, 0.2) is 0 Å². The van der Waals surface area contributed by atoms with Gasteiger partial charge in [-0.2, -0.15) is 0 Å². The largest absolute Gasteiger partial charge is 0.507 e. The third-order valence-electron chi connectivity index (χ3n) is 3.77. The predicted octanol–water partition coefficient (Wildman–Crippen LogP) is 2.53. The quantitative estimate of drug-likeness (QED) is 0.378. The van der Waals surface area contributed by atoms with E-state index in [1.807, 2.05) is 0 Å². The van der Waals surface area contributed by atoms with E-state index in [-0.39, 0.29) is 34.8 Å². The number of phenolic OH excluding ortho intramolecular Hbond substituents is 1. The van der Waals surface area contributed by atoms with Gasteiger partial charge in [-0.3, -0.25) is 19.8 Å². The predicted molar refractivity (Wildman–Crippen MR) is 88.2 cm³/mol. The maximum atomic E-state index is 13.7. The summed E-state index contributed by atoms with van der Waals surface area (Å²) in [6.07, 6.45) is 1.13. The zero-order valence-electron chi connectivity index (χ0n) is 13.2. The molecule has 2 aromatic carbocycles. The van der Waals surface area contributed by atoms with E-state index >= 15 is 0 Å². The molecule has 3 amide bonds. The van der Waals surface area contributed by atoms with Crippen LogP contribution in [-0.2, 0) is 11.3 Å². The van der Waals surface area contributed by atoms with Crippen LogP contribution in [0.15, 0.2) is 48.2 Å². The number of halogens is 1. The highest BCUT2D eigenvalue weighted by Gasteiger charge is 2.34. The summed E-state index contributed by atoms with van der Waals surface area (Å²) in [5.74, 6) is -1.58. The molecule has 26 heavy (non-hydrogen) atoms. The minimum absolute atomic E-state index is 0.00408. The third kappa shape index (κ3) is 3.22. The molecule has 8 nitrogen and oxygen atoms in total. The van der Waals surface area contributed by atoms with Crippen molar-refractivity contribution >= 4 is 23.7 Å². The van der Waals surface area contributed by atoms with Gasteiger partial charge in [-0.05, 0) is 18.2 Å². The Hall–Kier alpha value is -3.75. The van der Waals surface area contributed by atoms with Crippen LogP contribution in [0.5, 0.6) is 5.75 Å². The highest BCUT2D eigenvalue weighted by atomic mass is 19.1. The van der Waals surface area contributed by atoms with Crippen LogP contribution in [0, 0.1) is 15.9 Å². The van der Waals surface area contributed by atoms with Gasteiger partial charge >= 0.3 is 6.03 Å². The molecule has 0 atom stereocenters. The van der Waals surface area contributed by atoms with Gasteiger partial charge in [0.05, 0.1) is 11.5 Å². The molecule has 0 spiro atoms. The van der Waals surface area contributed by atoms with Crippen molar-refractivity contribution in [2.75, 3.05) is 0 Å². The molecule has 3 rings (SSSR count). The van der Waals surface area contributed by atoms with Crippen LogP contribution in [0.3, 0.4) is 0 Å². The lowest BCUT2D eigenvalue weighted by molar-refractivity contribution is -0.384. The molecule has 0 radical (unpaired) electrons. The summed E-state index contributed by atoms with van der Waals surface area (Å²) >= 11 is 0. The fourth-order valence-corrected chi connectivity index (χ4v) is 2.44. The Balaban J connectivity index is 1.89. The van der Waals surface area contributed by atoms with E-state index in [4.69, 9.17) is 0 Å². The number of benzene rings is 2. The zero-order chi connectivity index (χ0) is 18.8. The van der Waals surface area contributed by atoms with Gasteiger partial charge in [0.25, 0.3) is 11.6 Å². The van der Waals surface area contributed by atoms with Crippen molar-refractivity contribution in [3.05, 3.63) is 75.2 Å². The van der Waals surface area contributed by atoms with Crippen LogP contribution in [0.25, 0.3) is 6.08 Å². The van der Waals surface area contributed by atoms with Crippen LogP contribution >= 0.6 is 0 Å². The van der Waals surface area contributed by atoms with Gasteiger partial charge in [-0.1, -0.05) is 18.2 Å². The Kier molecular flexibility index (Phi) is 4.36. The summed E-state index contributed by atoms with van der Waals surface area (Å²) in [7, 11) is 0. The molecule has 2 N–H and O–H groups in total. The smallest absolute Gasteiger partial charge is 0.329 e. The number of hydrogen-bond donors (Lipinski definition) is 2. The number of urea groups is 1. The maximum absolute atomic E-state index is 13.7. The van der Waals surface area contributed by atoms with E-state index in [2.05, 4.69) is 5.32 Å². The first-order valence-electron chi connectivity index (χ1n) is 7.42. The summed E-state index contributed by atoms with van der Waals surface area (Å²) in [4.78, 5) is 35.4. The fourth-order valence-electron chi connectivity index (χ4n) is 2.44. The second kappa shape index (κ2) is 6.63. The Morgan fingerprint density at radius 2 is 1.96 bits per heavy atom. The third-order valence-corrected chi connectivity index (χ3v) is 3.77. The number of nitro benzene ring substituents is 1. The summed E-state index contributed by atoms with van der Waals surface area (Å²) in [6.45, 7) is -0.268. The molecule has 0 aromatic heterocycles. The number of imide groups is 1. The minimum atomic E-state index is -0.755. The number of aromatic hydroxyl groups is 1. The lowest BCUT2D eigenvalue weighted by atomic mass is 10.1. The Morgan fingerprint density at radius 1 is 1.23 bits per heavy atom. The first-order valence-corrected chi connectivity index (χ1v) is 7.42. The Labute approximate surface area is 146 Å². The van der Waals surface area contributed by atoms with Crippen LogP contribution in [0.1, 0.15) is 11.1 Å². The van der Waals surface area contributed by atoms with Crippen LogP contribution < -0.4 is 5.32 Å². The first-order chi connectivity index (χ1) is 12.4. The fraction of sp³-hybridized carbons (Fsp3) is 0.0588. The molecule has 0 bridgehead atoms. The summed E-state index contributed by atoms with van der Waals surface area (Å²) < 4.78 is 13.7. The average molecular weight is 357 g/mol. The second-order valence-electron chi connectivity index (χ2n) is 5.47. The molecule has 9 heteroatoms. The molecule has 0 aliphatic carbocycles. The van der Waals surface area contributed by atoms with Gasteiger partial charge in [0, 0.05) is 23.3 Å². The Morgan fingerprint density at radius 3 is 2.65 bits per heavy atom. The number of hydrogen-bond acceptors (Lipinski definition) is 5. The van der Waals surface area contributed by atoms with Gasteiger partial charge in [0.1, 0.15) is 17.3 Å². The number of nitrogens with one attached hydrogen (secondary N) is 1. The molecule has 1 aliphatic heterocycles. The van der Waals surface area contributed by atoms with E-state index in [9.17, 15) is 29.2 Å². The molecule has 0 unspecified atom stereocenters. The van der Waals surface area contributed by atoms with E-state index in [1.54, 1.807) is 6.07 Å². The number of nitro groups is 1. The SMILES string of the molecule is O=C1NC(=Cc2cc([N+](=O)[O-])ccc2O)C(=O)N1Cc1ccccc1F. The van der Waals surface area contributed by atoms with Crippen molar-refractivity contribution < 1.29 is 24.0 Å². The second-order valence-corrected chi connectivity index (χ2v) is 5.47. The molecule has 0 saturated carbocycles. The van der Waals surface area contributed by atoms with Gasteiger partial charge in [0.2, 0.25) is 0 Å². The van der Waals surface area contributed by atoms with Crippen LogP contribution in [0.4, 0.5) is 14.9 Å².